The molecule has 1 fully saturated rings. The van der Waals surface area contributed by atoms with Crippen molar-refractivity contribution in [1.29, 1.82) is 0 Å². The number of likely N-dealkylation sites (N-methyl/N-ethyl adjacent to an activating group) is 1. The van der Waals surface area contributed by atoms with Crippen molar-refractivity contribution >= 4 is 17.3 Å². The quantitative estimate of drug-likeness (QED) is 0.578. The highest BCUT2D eigenvalue weighted by Crippen LogP contribution is 2.30. The normalized spacial score (nSPS) is 17.2. The second-order valence-electron chi connectivity index (χ2n) is 5.95. The first-order chi connectivity index (χ1) is 11.3. The Morgan fingerprint density at radius 1 is 1.46 bits per heavy atom. The lowest BCUT2D eigenvalue weighted by atomic mass is 10.3. The first-order valence-electron chi connectivity index (χ1n) is 8.07. The molecule has 0 saturated heterocycles. The third-order valence-corrected chi connectivity index (χ3v) is 4.78. The Labute approximate surface area is 144 Å². The molecule has 1 unspecified atom stereocenters. The maximum Gasteiger partial charge on any atom is 0.434 e. The van der Waals surface area contributed by atoms with Crippen molar-refractivity contribution in [2.24, 2.45) is 4.99 Å². The van der Waals surface area contributed by atoms with Crippen LogP contribution in [0.5, 0.6) is 0 Å². The molecule has 1 aliphatic carbocycles. The zero-order valence-electron chi connectivity index (χ0n) is 14.2. The van der Waals surface area contributed by atoms with Gasteiger partial charge in [0, 0.05) is 30.6 Å². The van der Waals surface area contributed by atoms with Crippen LogP contribution in [0.3, 0.4) is 0 Å². The van der Waals surface area contributed by atoms with E-state index < -0.39 is 11.9 Å². The molecule has 1 saturated carbocycles. The Hall–Kier alpha value is -1.35. The summed E-state index contributed by atoms with van der Waals surface area (Å²) in [6, 6.07) is 1.04. The summed E-state index contributed by atoms with van der Waals surface area (Å²) in [6.45, 7) is 5.63. The van der Waals surface area contributed by atoms with Crippen LogP contribution in [-0.4, -0.2) is 48.1 Å². The summed E-state index contributed by atoms with van der Waals surface area (Å²) in [6.07, 6.45) is -1.90. The number of halogens is 3. The fraction of sp³-hybridized carbons (Fsp3) is 0.733. The maximum atomic E-state index is 12.6. The molecule has 9 heteroatoms. The predicted molar refractivity (Wildman–Crippen MR) is 90.2 cm³/mol. The Kier molecular flexibility index (Phi) is 6.45. The van der Waals surface area contributed by atoms with Gasteiger partial charge < -0.3 is 10.6 Å². The van der Waals surface area contributed by atoms with Gasteiger partial charge >= 0.3 is 6.18 Å². The Morgan fingerprint density at radius 3 is 2.71 bits per heavy atom. The highest BCUT2D eigenvalue weighted by molar-refractivity contribution is 7.09. The van der Waals surface area contributed by atoms with E-state index in [9.17, 15) is 13.2 Å². The molecule has 1 heterocycles. The summed E-state index contributed by atoms with van der Waals surface area (Å²) in [5.74, 6) is 0.595. The summed E-state index contributed by atoms with van der Waals surface area (Å²) in [7, 11) is 2.11. The van der Waals surface area contributed by atoms with Gasteiger partial charge in [0.2, 0.25) is 0 Å². The van der Waals surface area contributed by atoms with Crippen LogP contribution in [0.25, 0.3) is 0 Å². The number of alkyl halides is 3. The zero-order valence-corrected chi connectivity index (χ0v) is 15.0. The van der Waals surface area contributed by atoms with Crippen LogP contribution in [0.4, 0.5) is 13.2 Å². The molecule has 2 rings (SSSR count). The van der Waals surface area contributed by atoms with E-state index in [0.29, 0.717) is 29.6 Å². The van der Waals surface area contributed by atoms with Crippen LogP contribution < -0.4 is 10.6 Å². The highest BCUT2D eigenvalue weighted by Gasteiger charge is 2.33. The maximum absolute atomic E-state index is 12.6. The van der Waals surface area contributed by atoms with Crippen molar-refractivity contribution in [3.8, 4) is 0 Å². The number of guanidine groups is 1. The van der Waals surface area contributed by atoms with Crippen LogP contribution in [0.1, 0.15) is 37.4 Å². The largest absolute Gasteiger partial charge is 0.434 e. The number of rotatable bonds is 7. The molecule has 1 aromatic heterocycles. The third kappa shape index (κ3) is 5.62. The van der Waals surface area contributed by atoms with E-state index in [-0.39, 0.29) is 6.54 Å². The zero-order chi connectivity index (χ0) is 17.7. The Bertz CT molecular complexity index is 554. The molecule has 0 bridgehead atoms. The summed E-state index contributed by atoms with van der Waals surface area (Å²) in [4.78, 5) is 10.3. The lowest BCUT2D eigenvalue weighted by molar-refractivity contribution is -0.140. The van der Waals surface area contributed by atoms with E-state index in [1.54, 1.807) is 0 Å². The highest BCUT2D eigenvalue weighted by atomic mass is 32.1. The Balaban J connectivity index is 1.88. The van der Waals surface area contributed by atoms with Crippen molar-refractivity contribution in [3.05, 3.63) is 16.1 Å². The number of nitrogens with zero attached hydrogens (tertiary/aromatic N) is 3. The van der Waals surface area contributed by atoms with Crippen LogP contribution in [0.15, 0.2) is 10.4 Å². The molecule has 136 valence electrons. The molecule has 24 heavy (non-hydrogen) atoms. The molecular weight excluding hydrogens is 339 g/mol. The number of aromatic nitrogens is 1. The average molecular weight is 363 g/mol. The number of hydrogen-bond acceptors (Lipinski definition) is 4. The summed E-state index contributed by atoms with van der Waals surface area (Å²) in [5.41, 5.74) is -0.852. The standard InChI is InChI=1S/C15H24F3N5S/c1-4-19-14(20-7-10(2)23(3)11-5-6-11)21-8-13-22-12(9-24-13)15(16,17)18/h9-11H,4-8H2,1-3H3,(H2,19,20,21). The fourth-order valence-electron chi connectivity index (χ4n) is 2.23. The molecule has 1 aromatic rings. The minimum atomic E-state index is -4.40. The first-order valence-corrected chi connectivity index (χ1v) is 8.95. The molecule has 0 amide bonds. The predicted octanol–water partition coefficient (Wildman–Crippen LogP) is 2.70. The minimum Gasteiger partial charge on any atom is -0.357 e. The monoisotopic (exact) mass is 363 g/mol. The summed E-state index contributed by atoms with van der Waals surface area (Å²) >= 11 is 0.976. The van der Waals surface area contributed by atoms with Gasteiger partial charge in [-0.3, -0.25) is 4.90 Å². The van der Waals surface area contributed by atoms with E-state index >= 15 is 0 Å². The number of hydrogen-bond donors (Lipinski definition) is 2. The molecule has 1 atom stereocenters. The first kappa shape index (κ1) is 19.0. The van der Waals surface area contributed by atoms with Gasteiger partial charge in [0.05, 0.1) is 6.54 Å². The topological polar surface area (TPSA) is 52.6 Å². The van der Waals surface area contributed by atoms with E-state index in [2.05, 4.69) is 39.5 Å². The van der Waals surface area contributed by atoms with Crippen molar-refractivity contribution in [2.75, 3.05) is 20.1 Å². The van der Waals surface area contributed by atoms with E-state index in [0.717, 1.165) is 23.3 Å². The van der Waals surface area contributed by atoms with Crippen molar-refractivity contribution in [2.45, 2.75) is 51.5 Å². The molecule has 5 nitrogen and oxygen atoms in total. The molecule has 1 aliphatic rings. The van der Waals surface area contributed by atoms with E-state index in [1.807, 2.05) is 6.92 Å². The SMILES string of the molecule is CCNC(=NCc1nc(C(F)(F)F)cs1)NCC(C)N(C)C1CC1. The van der Waals surface area contributed by atoms with Gasteiger partial charge in [-0.1, -0.05) is 0 Å². The number of nitrogens with one attached hydrogen (secondary N) is 2. The van der Waals surface area contributed by atoms with Gasteiger partial charge in [-0.15, -0.1) is 11.3 Å². The molecule has 0 radical (unpaired) electrons. The summed E-state index contributed by atoms with van der Waals surface area (Å²) < 4.78 is 37.7. The summed E-state index contributed by atoms with van der Waals surface area (Å²) in [5, 5.41) is 7.72. The van der Waals surface area contributed by atoms with Gasteiger partial charge in [-0.25, -0.2) is 9.98 Å². The van der Waals surface area contributed by atoms with E-state index in [1.165, 1.54) is 12.8 Å². The van der Waals surface area contributed by atoms with Crippen molar-refractivity contribution in [3.63, 3.8) is 0 Å². The van der Waals surface area contributed by atoms with E-state index in [4.69, 9.17) is 0 Å². The van der Waals surface area contributed by atoms with Crippen molar-refractivity contribution < 1.29 is 13.2 Å². The fourth-order valence-corrected chi connectivity index (χ4v) is 2.96. The number of thiazole rings is 1. The van der Waals surface area contributed by atoms with Crippen LogP contribution >= 0.6 is 11.3 Å². The lowest BCUT2D eigenvalue weighted by Crippen LogP contribution is -2.45. The van der Waals surface area contributed by atoms with Gasteiger partial charge in [-0.05, 0) is 33.7 Å². The Morgan fingerprint density at radius 2 is 2.17 bits per heavy atom. The van der Waals surface area contributed by atoms with Gasteiger partial charge in [-0.2, -0.15) is 13.2 Å². The van der Waals surface area contributed by atoms with Crippen LogP contribution in [0.2, 0.25) is 0 Å². The molecule has 0 aliphatic heterocycles. The van der Waals surface area contributed by atoms with Crippen LogP contribution in [0, 0.1) is 0 Å². The van der Waals surface area contributed by atoms with Gasteiger partial charge in [0.15, 0.2) is 11.7 Å². The van der Waals surface area contributed by atoms with Crippen molar-refractivity contribution in [1.82, 2.24) is 20.5 Å². The molecule has 0 aromatic carbocycles. The minimum absolute atomic E-state index is 0.128. The van der Waals surface area contributed by atoms with Crippen LogP contribution in [-0.2, 0) is 12.7 Å². The molecular formula is C15H24F3N5S. The second kappa shape index (κ2) is 8.15. The average Bonchev–Trinajstić information content (AvgIpc) is 3.25. The smallest absolute Gasteiger partial charge is 0.357 e. The molecule has 2 N–H and O–H groups in total. The molecule has 0 spiro atoms. The lowest BCUT2D eigenvalue weighted by Gasteiger charge is -2.25. The van der Waals surface area contributed by atoms with Gasteiger partial charge in [0.25, 0.3) is 0 Å². The van der Waals surface area contributed by atoms with Gasteiger partial charge in [0.1, 0.15) is 5.01 Å². The third-order valence-electron chi connectivity index (χ3n) is 3.94. The number of aliphatic imine (C=N–C) groups is 1. The second-order valence-corrected chi connectivity index (χ2v) is 6.89.